The fourth-order valence-electron chi connectivity index (χ4n) is 3.36. The first-order valence-corrected chi connectivity index (χ1v) is 10.0. The van der Waals surface area contributed by atoms with E-state index in [0.717, 1.165) is 43.9 Å². The SMILES string of the molecule is Cc1cc(Cl)ccc1OCC(=O)NC(CN1CCN(C)CC1)c1ccccc1. The van der Waals surface area contributed by atoms with E-state index < -0.39 is 0 Å². The molecular formula is C22H28ClN3O2. The van der Waals surface area contributed by atoms with Crippen molar-refractivity contribution >= 4 is 17.5 Å². The van der Waals surface area contributed by atoms with Gasteiger partial charge in [0.1, 0.15) is 5.75 Å². The number of carbonyl (C=O) groups excluding carboxylic acids is 1. The van der Waals surface area contributed by atoms with Crippen molar-refractivity contribution in [2.45, 2.75) is 13.0 Å². The monoisotopic (exact) mass is 401 g/mol. The van der Waals surface area contributed by atoms with Crippen LogP contribution >= 0.6 is 11.6 Å². The number of nitrogens with zero attached hydrogens (tertiary/aromatic N) is 2. The molecule has 3 rings (SSSR count). The number of halogens is 1. The molecule has 2 aromatic rings. The van der Waals surface area contributed by atoms with Gasteiger partial charge in [-0.3, -0.25) is 9.69 Å². The molecule has 0 radical (unpaired) electrons. The second-order valence-corrected chi connectivity index (χ2v) is 7.77. The summed E-state index contributed by atoms with van der Waals surface area (Å²) in [5.41, 5.74) is 2.02. The molecule has 0 bridgehead atoms. The standard InChI is InChI=1S/C22H28ClN3O2/c1-17-14-19(23)8-9-21(17)28-16-22(27)24-20(18-6-4-3-5-7-18)15-26-12-10-25(2)11-13-26/h3-9,14,20H,10-13,15-16H2,1-2H3,(H,24,27). The van der Waals surface area contributed by atoms with Crippen molar-refractivity contribution in [3.8, 4) is 5.75 Å². The van der Waals surface area contributed by atoms with Crippen LogP contribution in [0.5, 0.6) is 5.75 Å². The number of piperazine rings is 1. The molecule has 1 N–H and O–H groups in total. The molecule has 1 atom stereocenters. The average Bonchev–Trinajstić information content (AvgIpc) is 2.69. The highest BCUT2D eigenvalue weighted by Crippen LogP contribution is 2.22. The van der Waals surface area contributed by atoms with E-state index in [1.165, 1.54) is 0 Å². The van der Waals surface area contributed by atoms with Gasteiger partial charge in [0.2, 0.25) is 0 Å². The lowest BCUT2D eigenvalue weighted by atomic mass is 10.1. The Morgan fingerprint density at radius 2 is 1.86 bits per heavy atom. The third kappa shape index (κ3) is 5.96. The molecule has 5 nitrogen and oxygen atoms in total. The molecule has 1 saturated heterocycles. The Bertz CT molecular complexity index is 777. The molecule has 0 spiro atoms. The van der Waals surface area contributed by atoms with E-state index in [1.54, 1.807) is 12.1 Å². The predicted octanol–water partition coefficient (Wildman–Crippen LogP) is 3.13. The van der Waals surface area contributed by atoms with Crippen molar-refractivity contribution < 1.29 is 9.53 Å². The Hall–Kier alpha value is -2.08. The maximum Gasteiger partial charge on any atom is 0.258 e. The van der Waals surface area contributed by atoms with Gasteiger partial charge in [-0.2, -0.15) is 0 Å². The van der Waals surface area contributed by atoms with Gasteiger partial charge in [-0.15, -0.1) is 0 Å². The topological polar surface area (TPSA) is 44.8 Å². The number of nitrogens with one attached hydrogen (secondary N) is 1. The van der Waals surface area contributed by atoms with Crippen LogP contribution in [0.3, 0.4) is 0 Å². The van der Waals surface area contributed by atoms with E-state index in [4.69, 9.17) is 16.3 Å². The van der Waals surface area contributed by atoms with Gasteiger partial charge < -0.3 is 15.0 Å². The number of hydrogen-bond acceptors (Lipinski definition) is 4. The lowest BCUT2D eigenvalue weighted by Crippen LogP contribution is -2.48. The van der Waals surface area contributed by atoms with Crippen LogP contribution in [0, 0.1) is 6.92 Å². The molecule has 1 unspecified atom stereocenters. The number of benzene rings is 2. The van der Waals surface area contributed by atoms with Gasteiger partial charge in [0, 0.05) is 37.7 Å². The van der Waals surface area contributed by atoms with Crippen molar-refractivity contribution in [3.05, 3.63) is 64.7 Å². The predicted molar refractivity (Wildman–Crippen MR) is 113 cm³/mol. The molecule has 1 aliphatic heterocycles. The number of amides is 1. The van der Waals surface area contributed by atoms with Crippen molar-refractivity contribution in [1.29, 1.82) is 0 Å². The van der Waals surface area contributed by atoms with Gasteiger partial charge in [0.15, 0.2) is 6.61 Å². The number of ether oxygens (including phenoxy) is 1. The zero-order valence-electron chi connectivity index (χ0n) is 16.5. The minimum atomic E-state index is -0.127. The highest BCUT2D eigenvalue weighted by atomic mass is 35.5. The van der Waals surface area contributed by atoms with Crippen molar-refractivity contribution in [1.82, 2.24) is 15.1 Å². The Balaban J connectivity index is 1.60. The molecule has 150 valence electrons. The van der Waals surface area contributed by atoms with Crippen molar-refractivity contribution in [3.63, 3.8) is 0 Å². The third-order valence-corrected chi connectivity index (χ3v) is 5.30. The molecule has 0 aliphatic carbocycles. The quantitative estimate of drug-likeness (QED) is 0.774. The third-order valence-electron chi connectivity index (χ3n) is 5.07. The molecule has 2 aromatic carbocycles. The van der Waals surface area contributed by atoms with Gasteiger partial charge in [-0.25, -0.2) is 0 Å². The maximum absolute atomic E-state index is 12.6. The van der Waals surface area contributed by atoms with Crippen molar-refractivity contribution in [2.24, 2.45) is 0 Å². The van der Waals surface area contributed by atoms with Crippen LogP contribution in [0.25, 0.3) is 0 Å². The highest BCUT2D eigenvalue weighted by molar-refractivity contribution is 6.30. The summed E-state index contributed by atoms with van der Waals surface area (Å²) in [5.74, 6) is 0.548. The zero-order chi connectivity index (χ0) is 19.9. The first-order valence-electron chi connectivity index (χ1n) is 9.65. The van der Waals surface area contributed by atoms with Gasteiger partial charge in [0.25, 0.3) is 5.91 Å². The number of carbonyl (C=O) groups is 1. The van der Waals surface area contributed by atoms with E-state index >= 15 is 0 Å². The second kappa shape index (κ2) is 9.92. The Labute approximate surface area is 172 Å². The molecule has 28 heavy (non-hydrogen) atoms. The van der Waals surface area contributed by atoms with Crippen LogP contribution < -0.4 is 10.1 Å². The molecular weight excluding hydrogens is 374 g/mol. The Morgan fingerprint density at radius 3 is 2.54 bits per heavy atom. The Kier molecular flexibility index (Phi) is 7.31. The summed E-state index contributed by atoms with van der Waals surface area (Å²) in [6.45, 7) is 6.81. The van der Waals surface area contributed by atoms with E-state index in [9.17, 15) is 4.79 Å². The van der Waals surface area contributed by atoms with Gasteiger partial charge in [0.05, 0.1) is 6.04 Å². The summed E-state index contributed by atoms with van der Waals surface area (Å²) in [5, 5.41) is 3.81. The van der Waals surface area contributed by atoms with E-state index in [1.807, 2.05) is 31.2 Å². The second-order valence-electron chi connectivity index (χ2n) is 7.33. The fraction of sp³-hybridized carbons (Fsp3) is 0.409. The van der Waals surface area contributed by atoms with Gasteiger partial charge in [-0.1, -0.05) is 41.9 Å². The van der Waals surface area contributed by atoms with E-state index in [-0.39, 0.29) is 18.6 Å². The number of aryl methyl sites for hydroxylation is 1. The molecule has 0 saturated carbocycles. The van der Waals surface area contributed by atoms with Crippen LogP contribution in [0.1, 0.15) is 17.2 Å². The smallest absolute Gasteiger partial charge is 0.258 e. The molecule has 1 fully saturated rings. The molecule has 1 aliphatic rings. The molecule has 1 amide bonds. The van der Waals surface area contributed by atoms with Crippen molar-refractivity contribution in [2.75, 3.05) is 46.4 Å². The highest BCUT2D eigenvalue weighted by Gasteiger charge is 2.21. The summed E-state index contributed by atoms with van der Waals surface area (Å²) < 4.78 is 5.70. The lowest BCUT2D eigenvalue weighted by Gasteiger charge is -2.35. The van der Waals surface area contributed by atoms with Gasteiger partial charge >= 0.3 is 0 Å². The zero-order valence-corrected chi connectivity index (χ0v) is 17.3. The normalized spacial score (nSPS) is 16.5. The summed E-state index contributed by atoms with van der Waals surface area (Å²) in [4.78, 5) is 17.3. The summed E-state index contributed by atoms with van der Waals surface area (Å²) in [6, 6.07) is 15.5. The summed E-state index contributed by atoms with van der Waals surface area (Å²) in [7, 11) is 2.14. The maximum atomic E-state index is 12.6. The minimum Gasteiger partial charge on any atom is -0.484 e. The minimum absolute atomic E-state index is 0.0193. The molecule has 6 heteroatoms. The van der Waals surface area contributed by atoms with Crippen LogP contribution in [0.15, 0.2) is 48.5 Å². The molecule has 0 aromatic heterocycles. The molecule has 1 heterocycles. The average molecular weight is 402 g/mol. The first-order chi connectivity index (χ1) is 13.5. The number of hydrogen-bond donors (Lipinski definition) is 1. The lowest BCUT2D eigenvalue weighted by molar-refractivity contribution is -0.124. The van der Waals surface area contributed by atoms with Crippen LogP contribution in [-0.4, -0.2) is 62.1 Å². The van der Waals surface area contributed by atoms with E-state index in [2.05, 4.69) is 34.3 Å². The fourth-order valence-corrected chi connectivity index (χ4v) is 3.59. The Morgan fingerprint density at radius 1 is 1.14 bits per heavy atom. The van der Waals surface area contributed by atoms with Gasteiger partial charge in [-0.05, 0) is 43.3 Å². The summed E-state index contributed by atoms with van der Waals surface area (Å²) in [6.07, 6.45) is 0. The first kappa shape index (κ1) is 20.6. The van der Waals surface area contributed by atoms with Crippen LogP contribution in [0.2, 0.25) is 5.02 Å². The summed E-state index contributed by atoms with van der Waals surface area (Å²) >= 11 is 5.98. The van der Waals surface area contributed by atoms with Crippen LogP contribution in [-0.2, 0) is 4.79 Å². The number of rotatable bonds is 7. The number of likely N-dealkylation sites (N-methyl/N-ethyl adjacent to an activating group) is 1. The largest absolute Gasteiger partial charge is 0.484 e. The van der Waals surface area contributed by atoms with Crippen LogP contribution in [0.4, 0.5) is 0 Å². The van der Waals surface area contributed by atoms with E-state index in [0.29, 0.717) is 10.8 Å².